The molecule has 3 rings (SSSR count). The molecule has 0 unspecified atom stereocenters. The van der Waals surface area contributed by atoms with Crippen LogP contribution in [0.25, 0.3) is 0 Å². The van der Waals surface area contributed by atoms with Gasteiger partial charge in [-0.1, -0.05) is 30.3 Å². The Morgan fingerprint density at radius 2 is 1.38 bits per heavy atom. The lowest BCUT2D eigenvalue weighted by atomic mass is 10.2. The number of rotatable bonds is 14. The molecule has 1 aromatic carbocycles. The molecule has 0 aliphatic heterocycles. The van der Waals surface area contributed by atoms with Gasteiger partial charge in [0.1, 0.15) is 36.8 Å². The quantitative estimate of drug-likeness (QED) is 0.150. The van der Waals surface area contributed by atoms with Crippen LogP contribution >= 0.6 is 0 Å². The largest absolute Gasteiger partial charge is 0.467 e. The SMILES string of the molecule is C[C@H](NC(=O)OCc1ccccc1)C(=O)N[C@@H](C)C(=O)NN(CC(N)=O)C(=O)/C=C/C(=O)N(Cc1ccco1)Cc1ccco1. The maximum Gasteiger partial charge on any atom is 0.408 e. The van der Waals surface area contributed by atoms with E-state index in [1.165, 1.54) is 31.3 Å². The van der Waals surface area contributed by atoms with Crippen molar-refractivity contribution in [1.29, 1.82) is 0 Å². The van der Waals surface area contributed by atoms with Crippen molar-refractivity contribution < 1.29 is 42.3 Å². The highest BCUT2D eigenvalue weighted by Crippen LogP contribution is 2.12. The van der Waals surface area contributed by atoms with Crippen molar-refractivity contribution in [2.45, 2.75) is 45.6 Å². The van der Waals surface area contributed by atoms with Gasteiger partial charge in [-0.05, 0) is 43.7 Å². The first-order chi connectivity index (χ1) is 21.5. The summed E-state index contributed by atoms with van der Waals surface area (Å²) in [6.45, 7) is 2.12. The Bertz CT molecular complexity index is 1440. The third-order valence-electron chi connectivity index (χ3n) is 6.05. The first-order valence-electron chi connectivity index (χ1n) is 13.7. The van der Waals surface area contributed by atoms with Crippen molar-refractivity contribution >= 4 is 35.6 Å². The van der Waals surface area contributed by atoms with E-state index in [1.807, 2.05) is 6.07 Å². The second-order valence-corrected chi connectivity index (χ2v) is 9.71. The number of benzene rings is 1. The number of ether oxygens (including phenoxy) is 1. The fourth-order valence-electron chi connectivity index (χ4n) is 3.70. The molecule has 2 atom stereocenters. The van der Waals surface area contributed by atoms with Crippen LogP contribution in [-0.4, -0.2) is 64.2 Å². The topological polar surface area (TPSA) is 207 Å². The van der Waals surface area contributed by atoms with Crippen LogP contribution in [0.5, 0.6) is 0 Å². The molecule has 45 heavy (non-hydrogen) atoms. The summed E-state index contributed by atoms with van der Waals surface area (Å²) >= 11 is 0. The van der Waals surface area contributed by atoms with Crippen molar-refractivity contribution in [2.24, 2.45) is 5.73 Å². The molecule has 2 heterocycles. The van der Waals surface area contributed by atoms with Gasteiger partial charge in [-0.25, -0.2) is 9.80 Å². The van der Waals surface area contributed by atoms with Gasteiger partial charge in [-0.3, -0.25) is 29.4 Å². The zero-order chi connectivity index (χ0) is 32.8. The van der Waals surface area contributed by atoms with Crippen molar-refractivity contribution in [3.8, 4) is 0 Å². The summed E-state index contributed by atoms with van der Waals surface area (Å²) in [4.78, 5) is 76.2. The third kappa shape index (κ3) is 11.4. The first kappa shape index (κ1) is 33.6. The van der Waals surface area contributed by atoms with Gasteiger partial charge < -0.3 is 34.8 Å². The number of carbonyl (C=O) groups excluding carboxylic acids is 6. The summed E-state index contributed by atoms with van der Waals surface area (Å²) in [5, 5.41) is 5.35. The number of hydrazine groups is 1. The molecule has 15 nitrogen and oxygen atoms in total. The molecule has 3 aromatic rings. The number of primary amides is 1. The van der Waals surface area contributed by atoms with Crippen LogP contribution in [-0.2, 0) is 48.4 Å². The van der Waals surface area contributed by atoms with Crippen LogP contribution in [0.3, 0.4) is 0 Å². The number of nitrogens with two attached hydrogens (primary N) is 1. The Hall–Kier alpha value is -5.86. The van der Waals surface area contributed by atoms with Crippen molar-refractivity contribution in [3.63, 3.8) is 0 Å². The van der Waals surface area contributed by atoms with Gasteiger partial charge in [-0.2, -0.15) is 0 Å². The predicted octanol–water partition coefficient (Wildman–Crippen LogP) is 1.12. The maximum atomic E-state index is 13.0. The van der Waals surface area contributed by atoms with E-state index in [9.17, 15) is 28.8 Å². The zero-order valence-electron chi connectivity index (χ0n) is 24.6. The van der Waals surface area contributed by atoms with E-state index >= 15 is 0 Å². The number of hydrogen-bond acceptors (Lipinski definition) is 9. The molecule has 6 amide bonds. The van der Waals surface area contributed by atoms with E-state index < -0.39 is 54.3 Å². The average molecular weight is 623 g/mol. The molecule has 238 valence electrons. The van der Waals surface area contributed by atoms with Crippen LogP contribution in [0.15, 0.2) is 88.1 Å². The van der Waals surface area contributed by atoms with Gasteiger partial charge in [-0.15, -0.1) is 0 Å². The molecule has 15 heteroatoms. The predicted molar refractivity (Wildman–Crippen MR) is 157 cm³/mol. The Morgan fingerprint density at radius 3 is 1.93 bits per heavy atom. The molecule has 0 saturated carbocycles. The molecular formula is C30H34N6O9. The Morgan fingerprint density at radius 1 is 0.800 bits per heavy atom. The van der Waals surface area contributed by atoms with Crippen LogP contribution in [0, 0.1) is 0 Å². The van der Waals surface area contributed by atoms with Crippen LogP contribution in [0.1, 0.15) is 30.9 Å². The number of nitrogens with one attached hydrogen (secondary N) is 3. The lowest BCUT2D eigenvalue weighted by Crippen LogP contribution is -2.56. The second-order valence-electron chi connectivity index (χ2n) is 9.71. The summed E-state index contributed by atoms with van der Waals surface area (Å²) < 4.78 is 15.7. The van der Waals surface area contributed by atoms with Gasteiger partial charge in [0.2, 0.25) is 17.7 Å². The molecule has 0 spiro atoms. The number of amides is 6. The minimum absolute atomic E-state index is 0.00438. The van der Waals surface area contributed by atoms with Crippen molar-refractivity contribution in [1.82, 2.24) is 26.0 Å². The minimum atomic E-state index is -1.21. The van der Waals surface area contributed by atoms with E-state index in [-0.39, 0.29) is 19.7 Å². The molecule has 0 fully saturated rings. The monoisotopic (exact) mass is 622 g/mol. The number of nitrogens with zero attached hydrogens (tertiary/aromatic N) is 2. The van der Waals surface area contributed by atoms with E-state index in [4.69, 9.17) is 19.3 Å². The smallest absolute Gasteiger partial charge is 0.408 e. The highest BCUT2D eigenvalue weighted by atomic mass is 16.5. The Balaban J connectivity index is 1.55. The minimum Gasteiger partial charge on any atom is -0.467 e. The third-order valence-corrected chi connectivity index (χ3v) is 6.05. The van der Waals surface area contributed by atoms with Crippen LogP contribution in [0.4, 0.5) is 4.79 Å². The summed E-state index contributed by atoms with van der Waals surface area (Å²) in [7, 11) is 0. The van der Waals surface area contributed by atoms with Crippen molar-refractivity contribution in [2.75, 3.05) is 6.54 Å². The highest BCUT2D eigenvalue weighted by Gasteiger charge is 2.25. The van der Waals surface area contributed by atoms with Crippen LogP contribution in [0.2, 0.25) is 0 Å². The molecule has 0 saturated heterocycles. The Labute approximate surface area is 258 Å². The summed E-state index contributed by atoms with van der Waals surface area (Å²) in [5.41, 5.74) is 8.20. The lowest BCUT2D eigenvalue weighted by Gasteiger charge is -2.24. The average Bonchev–Trinajstić information content (AvgIpc) is 3.73. The summed E-state index contributed by atoms with van der Waals surface area (Å²) in [6.07, 6.45) is 3.89. The second kappa shape index (κ2) is 16.7. The lowest BCUT2D eigenvalue weighted by molar-refractivity contribution is -0.142. The molecule has 2 aromatic heterocycles. The van der Waals surface area contributed by atoms with Gasteiger partial charge in [0, 0.05) is 12.2 Å². The molecule has 5 N–H and O–H groups in total. The fraction of sp³-hybridized carbons (Fsp3) is 0.267. The summed E-state index contributed by atoms with van der Waals surface area (Å²) in [6, 6.07) is 13.3. The standard InChI is InChI=1S/C30H34N6O9/c1-20(33-30(42)45-19-22-8-4-3-5-9-22)28(40)32-21(2)29(41)34-36(18-25(31)37)27(39)13-12-26(38)35(16-23-10-6-14-43-23)17-24-11-7-15-44-24/h3-15,20-21H,16-19H2,1-2H3,(H2,31,37)(H,32,40)(H,33,42)(H,34,41)/b13-12+/t20-,21-/m0/s1. The fourth-order valence-corrected chi connectivity index (χ4v) is 3.70. The van der Waals surface area contributed by atoms with Gasteiger partial charge >= 0.3 is 6.09 Å². The van der Waals surface area contributed by atoms with Gasteiger partial charge in [0.05, 0.1) is 25.6 Å². The zero-order valence-corrected chi connectivity index (χ0v) is 24.6. The highest BCUT2D eigenvalue weighted by molar-refractivity contribution is 5.99. The molecule has 0 aliphatic carbocycles. The van der Waals surface area contributed by atoms with Crippen LogP contribution < -0.4 is 21.8 Å². The number of furan rings is 2. The number of carbonyl (C=O) groups is 6. The van der Waals surface area contributed by atoms with Gasteiger partial charge in [0.25, 0.3) is 11.8 Å². The van der Waals surface area contributed by atoms with Crippen molar-refractivity contribution in [3.05, 3.63) is 96.4 Å². The number of hydrogen-bond donors (Lipinski definition) is 4. The van der Waals surface area contributed by atoms with E-state index in [0.29, 0.717) is 16.5 Å². The van der Waals surface area contributed by atoms with E-state index in [1.54, 1.807) is 48.5 Å². The van der Waals surface area contributed by atoms with Gasteiger partial charge in [0.15, 0.2) is 0 Å². The van der Waals surface area contributed by atoms with E-state index in [0.717, 1.165) is 17.7 Å². The Kier molecular flexibility index (Phi) is 12.5. The van der Waals surface area contributed by atoms with E-state index in [2.05, 4.69) is 16.1 Å². The summed E-state index contributed by atoms with van der Waals surface area (Å²) in [5.74, 6) is -3.12. The first-order valence-corrected chi connectivity index (χ1v) is 13.7. The normalized spacial score (nSPS) is 12.0. The molecule has 0 bridgehead atoms. The number of alkyl carbamates (subject to hydrolysis) is 1. The molecule has 0 radical (unpaired) electrons. The maximum absolute atomic E-state index is 13.0. The molecule has 0 aliphatic rings. The molecular weight excluding hydrogens is 588 g/mol.